The lowest BCUT2D eigenvalue weighted by Gasteiger charge is -2.13. The van der Waals surface area contributed by atoms with Crippen LogP contribution in [0, 0.1) is 18.3 Å². The molecular weight excluding hydrogens is 332 g/mol. The molecule has 1 aromatic heterocycles. The zero-order valence-corrected chi connectivity index (χ0v) is 14.7. The van der Waals surface area contributed by atoms with Gasteiger partial charge in [-0.25, -0.2) is 9.97 Å². The van der Waals surface area contributed by atoms with Gasteiger partial charge in [-0.3, -0.25) is 4.79 Å². The molecule has 0 radical (unpaired) electrons. The number of anilines is 1. The second-order valence-corrected chi connectivity index (χ2v) is 6.86. The summed E-state index contributed by atoms with van der Waals surface area (Å²) in [5, 5.41) is 13.1. The molecule has 124 valence electrons. The molecule has 1 N–H and O–H groups in total. The van der Waals surface area contributed by atoms with Gasteiger partial charge in [0.05, 0.1) is 22.4 Å². The Morgan fingerprint density at radius 2 is 1.88 bits per heavy atom. The number of para-hydroxylation sites is 1. The highest BCUT2D eigenvalue weighted by atomic mass is 32.2. The van der Waals surface area contributed by atoms with Gasteiger partial charge >= 0.3 is 0 Å². The summed E-state index contributed by atoms with van der Waals surface area (Å²) in [6.07, 6.45) is 0. The van der Waals surface area contributed by atoms with E-state index in [4.69, 9.17) is 5.26 Å². The molecule has 0 saturated heterocycles. The summed E-state index contributed by atoms with van der Waals surface area (Å²) in [5.74, 6) is 0.566. The van der Waals surface area contributed by atoms with Crippen molar-refractivity contribution in [2.24, 2.45) is 0 Å². The maximum atomic E-state index is 12.5. The van der Waals surface area contributed by atoms with E-state index < -0.39 is 0 Å². The predicted octanol–water partition coefficient (Wildman–Crippen LogP) is 3.93. The number of carbonyl (C=O) groups is 1. The molecule has 1 unspecified atom stereocenters. The van der Waals surface area contributed by atoms with Gasteiger partial charge in [-0.05, 0) is 44.2 Å². The summed E-state index contributed by atoms with van der Waals surface area (Å²) in [5.41, 5.74) is 2.10. The number of nitrogens with zero attached hydrogens (tertiary/aromatic N) is 3. The van der Waals surface area contributed by atoms with Crippen LogP contribution in [-0.2, 0) is 4.79 Å². The highest BCUT2D eigenvalue weighted by molar-refractivity contribution is 8.00. The van der Waals surface area contributed by atoms with Gasteiger partial charge in [0, 0.05) is 11.1 Å². The number of aromatic nitrogens is 2. The molecule has 0 aliphatic heterocycles. The van der Waals surface area contributed by atoms with Crippen LogP contribution in [0.1, 0.15) is 18.3 Å². The van der Waals surface area contributed by atoms with Crippen molar-refractivity contribution in [1.82, 2.24) is 9.97 Å². The van der Waals surface area contributed by atoms with Crippen molar-refractivity contribution in [3.05, 3.63) is 59.9 Å². The highest BCUT2D eigenvalue weighted by Crippen LogP contribution is 2.29. The van der Waals surface area contributed by atoms with E-state index in [1.165, 1.54) is 11.8 Å². The van der Waals surface area contributed by atoms with Crippen LogP contribution in [0.3, 0.4) is 0 Å². The van der Waals surface area contributed by atoms with Gasteiger partial charge in [0.1, 0.15) is 10.9 Å². The van der Waals surface area contributed by atoms with Crippen molar-refractivity contribution in [3.8, 4) is 6.07 Å². The van der Waals surface area contributed by atoms with Gasteiger partial charge in [-0.1, -0.05) is 30.0 Å². The quantitative estimate of drug-likeness (QED) is 0.571. The molecule has 3 rings (SSSR count). The van der Waals surface area contributed by atoms with Gasteiger partial charge in [0.15, 0.2) is 0 Å². The zero-order chi connectivity index (χ0) is 17.8. The number of fused-ring (bicyclic) bond motifs is 1. The lowest BCUT2D eigenvalue weighted by molar-refractivity contribution is -0.115. The molecule has 0 fully saturated rings. The van der Waals surface area contributed by atoms with Crippen LogP contribution in [0.5, 0.6) is 0 Å². The molecule has 0 aliphatic rings. The summed E-state index contributed by atoms with van der Waals surface area (Å²) < 4.78 is 0. The first-order valence-electron chi connectivity index (χ1n) is 7.78. The monoisotopic (exact) mass is 348 g/mol. The van der Waals surface area contributed by atoms with E-state index in [1.807, 2.05) is 38.1 Å². The smallest absolute Gasteiger partial charge is 0.237 e. The zero-order valence-electron chi connectivity index (χ0n) is 13.9. The minimum absolute atomic E-state index is 0.116. The molecule has 0 saturated carbocycles. The van der Waals surface area contributed by atoms with E-state index in [2.05, 4.69) is 21.4 Å². The first-order chi connectivity index (χ1) is 12.1. The Morgan fingerprint density at radius 1 is 1.16 bits per heavy atom. The van der Waals surface area contributed by atoms with Crippen LogP contribution in [0.25, 0.3) is 10.9 Å². The van der Waals surface area contributed by atoms with Crippen molar-refractivity contribution >= 4 is 34.3 Å². The molecule has 1 heterocycles. The molecule has 0 bridgehead atoms. The Labute approximate surface area is 150 Å². The third kappa shape index (κ3) is 3.95. The van der Waals surface area contributed by atoms with Gasteiger partial charge in [0.25, 0.3) is 0 Å². The fraction of sp³-hybridized carbons (Fsp3) is 0.158. The van der Waals surface area contributed by atoms with Crippen LogP contribution in [-0.4, -0.2) is 21.1 Å². The summed E-state index contributed by atoms with van der Waals surface area (Å²) in [6, 6.07) is 16.6. The van der Waals surface area contributed by atoms with Crippen LogP contribution >= 0.6 is 11.8 Å². The van der Waals surface area contributed by atoms with Crippen LogP contribution in [0.2, 0.25) is 0 Å². The first-order valence-corrected chi connectivity index (χ1v) is 8.66. The summed E-state index contributed by atoms with van der Waals surface area (Å²) in [6.45, 7) is 3.69. The third-order valence-corrected chi connectivity index (χ3v) is 4.72. The summed E-state index contributed by atoms with van der Waals surface area (Å²) in [7, 11) is 0. The topological polar surface area (TPSA) is 78.7 Å². The van der Waals surface area contributed by atoms with E-state index in [0.717, 1.165) is 15.9 Å². The molecule has 1 amide bonds. The Hall–Kier alpha value is -2.91. The third-order valence-electron chi connectivity index (χ3n) is 3.62. The molecule has 1 atom stereocenters. The number of hydrogen-bond donors (Lipinski definition) is 1. The van der Waals surface area contributed by atoms with Crippen LogP contribution in [0.4, 0.5) is 5.69 Å². The van der Waals surface area contributed by atoms with Crippen molar-refractivity contribution in [3.63, 3.8) is 0 Å². The SMILES string of the molecule is Cc1nc(SC(C)C(=O)Nc2ccc(C#N)cc2)c2ccccc2n1. The Bertz CT molecular complexity index is 963. The molecule has 25 heavy (non-hydrogen) atoms. The second kappa shape index (κ2) is 7.32. The molecule has 0 spiro atoms. The number of benzene rings is 2. The van der Waals surface area contributed by atoms with Gasteiger partial charge in [-0.15, -0.1) is 0 Å². The van der Waals surface area contributed by atoms with Gasteiger partial charge in [-0.2, -0.15) is 5.26 Å². The average Bonchev–Trinajstić information content (AvgIpc) is 2.62. The Balaban J connectivity index is 1.76. The Morgan fingerprint density at radius 3 is 2.60 bits per heavy atom. The number of nitrogens with one attached hydrogen (secondary N) is 1. The van der Waals surface area contributed by atoms with Crippen molar-refractivity contribution in [2.75, 3.05) is 5.32 Å². The van der Waals surface area contributed by atoms with E-state index in [-0.39, 0.29) is 11.2 Å². The summed E-state index contributed by atoms with van der Waals surface area (Å²) in [4.78, 5) is 21.4. The normalized spacial score (nSPS) is 11.7. The fourth-order valence-corrected chi connectivity index (χ4v) is 3.33. The predicted molar refractivity (Wildman–Crippen MR) is 99.4 cm³/mol. The molecule has 6 heteroatoms. The van der Waals surface area contributed by atoms with Crippen LogP contribution < -0.4 is 5.32 Å². The van der Waals surface area contributed by atoms with Crippen LogP contribution in [0.15, 0.2) is 53.6 Å². The van der Waals surface area contributed by atoms with E-state index in [0.29, 0.717) is 17.1 Å². The number of carbonyl (C=O) groups excluding carboxylic acids is 1. The first kappa shape index (κ1) is 16.9. The fourth-order valence-electron chi connectivity index (χ4n) is 2.34. The molecule has 0 aliphatic carbocycles. The van der Waals surface area contributed by atoms with Gasteiger partial charge < -0.3 is 5.32 Å². The second-order valence-electron chi connectivity index (χ2n) is 5.53. The number of amides is 1. The van der Waals surface area contributed by atoms with E-state index >= 15 is 0 Å². The van der Waals surface area contributed by atoms with Crippen molar-refractivity contribution in [2.45, 2.75) is 24.1 Å². The number of aryl methyl sites for hydroxylation is 1. The lowest BCUT2D eigenvalue weighted by Crippen LogP contribution is -2.22. The van der Waals surface area contributed by atoms with E-state index in [1.54, 1.807) is 24.3 Å². The standard InChI is InChI=1S/C19H16N4OS/c1-12(18(24)23-15-9-7-14(11-20)8-10-15)25-19-16-5-3-4-6-17(16)21-13(2)22-19/h3-10,12H,1-2H3,(H,23,24). The molecular formula is C19H16N4OS. The lowest BCUT2D eigenvalue weighted by atomic mass is 10.2. The van der Waals surface area contributed by atoms with Crippen molar-refractivity contribution < 1.29 is 4.79 Å². The minimum atomic E-state index is -0.326. The van der Waals surface area contributed by atoms with Crippen molar-refractivity contribution in [1.29, 1.82) is 5.26 Å². The Kier molecular flexibility index (Phi) is 4.96. The average molecular weight is 348 g/mol. The number of nitriles is 1. The molecule has 3 aromatic rings. The number of rotatable bonds is 4. The molecule has 5 nitrogen and oxygen atoms in total. The minimum Gasteiger partial charge on any atom is -0.325 e. The van der Waals surface area contributed by atoms with Gasteiger partial charge in [0.2, 0.25) is 5.91 Å². The molecule has 2 aromatic carbocycles. The van der Waals surface area contributed by atoms with E-state index in [9.17, 15) is 4.79 Å². The maximum Gasteiger partial charge on any atom is 0.237 e. The largest absolute Gasteiger partial charge is 0.325 e. The number of thioether (sulfide) groups is 1. The highest BCUT2D eigenvalue weighted by Gasteiger charge is 2.17. The summed E-state index contributed by atoms with van der Waals surface area (Å²) >= 11 is 1.41. The maximum absolute atomic E-state index is 12.5. The number of hydrogen-bond acceptors (Lipinski definition) is 5.